The number of hydrogen-bond donors (Lipinski definition) is 1. The van der Waals surface area contributed by atoms with Gasteiger partial charge in [-0.1, -0.05) is 11.6 Å². The normalized spacial score (nSPS) is 16.9. The number of hydrogen-bond acceptors (Lipinski definition) is 3. The quantitative estimate of drug-likeness (QED) is 0.796. The van der Waals surface area contributed by atoms with Crippen LogP contribution in [-0.4, -0.2) is 30.5 Å². The van der Waals surface area contributed by atoms with Crippen LogP contribution in [0.2, 0.25) is 5.02 Å². The van der Waals surface area contributed by atoms with E-state index in [1.165, 1.54) is 12.1 Å². The highest BCUT2D eigenvalue weighted by Crippen LogP contribution is 2.25. The minimum absolute atomic E-state index is 0.0205. The van der Waals surface area contributed by atoms with Gasteiger partial charge < -0.3 is 15.0 Å². The zero-order valence-electron chi connectivity index (χ0n) is 15.7. The van der Waals surface area contributed by atoms with Crippen molar-refractivity contribution in [3.05, 3.63) is 59.4 Å². The zero-order valence-corrected chi connectivity index (χ0v) is 16.5. The van der Waals surface area contributed by atoms with Gasteiger partial charge in [0.1, 0.15) is 11.6 Å². The van der Waals surface area contributed by atoms with Gasteiger partial charge in [0.05, 0.1) is 0 Å². The maximum absolute atomic E-state index is 13.1. The fraction of sp³-hybridized carbons (Fsp3) is 0.333. The summed E-state index contributed by atoms with van der Waals surface area (Å²) in [5, 5.41) is 3.46. The van der Waals surface area contributed by atoms with Crippen molar-refractivity contribution in [3.63, 3.8) is 0 Å². The van der Waals surface area contributed by atoms with Crippen LogP contribution >= 0.6 is 11.6 Å². The van der Waals surface area contributed by atoms with E-state index in [0.29, 0.717) is 36.0 Å². The molecule has 1 aliphatic rings. The molecule has 5 nitrogen and oxygen atoms in total. The van der Waals surface area contributed by atoms with E-state index in [2.05, 4.69) is 5.32 Å². The second-order valence-corrected chi connectivity index (χ2v) is 7.76. The number of nitrogens with one attached hydrogen (secondary N) is 1. The van der Waals surface area contributed by atoms with Gasteiger partial charge in [-0.2, -0.15) is 0 Å². The molecule has 2 aromatic carbocycles. The van der Waals surface area contributed by atoms with Gasteiger partial charge in [-0.3, -0.25) is 9.59 Å². The lowest BCUT2D eigenvalue weighted by molar-refractivity contribution is -0.134. The van der Waals surface area contributed by atoms with E-state index >= 15 is 0 Å². The largest absolute Gasteiger partial charge is 0.478 e. The van der Waals surface area contributed by atoms with Crippen molar-refractivity contribution >= 4 is 29.1 Å². The fourth-order valence-corrected chi connectivity index (χ4v) is 3.21. The van der Waals surface area contributed by atoms with Crippen molar-refractivity contribution in [2.45, 2.75) is 25.9 Å². The summed E-state index contributed by atoms with van der Waals surface area (Å²) in [6.45, 7) is 4.20. The van der Waals surface area contributed by atoms with Crippen LogP contribution in [0.1, 0.15) is 20.3 Å². The number of ether oxygens (including phenoxy) is 1. The summed E-state index contributed by atoms with van der Waals surface area (Å²) in [4.78, 5) is 26.4. The molecule has 2 aromatic rings. The molecule has 0 bridgehead atoms. The molecule has 1 aliphatic heterocycles. The van der Waals surface area contributed by atoms with Crippen LogP contribution in [0.15, 0.2) is 48.5 Å². The summed E-state index contributed by atoms with van der Waals surface area (Å²) in [7, 11) is 0. The van der Waals surface area contributed by atoms with E-state index in [0.717, 1.165) is 0 Å². The Kier molecular flexibility index (Phi) is 5.89. The molecule has 1 heterocycles. The van der Waals surface area contributed by atoms with Crippen LogP contribution in [0, 0.1) is 11.7 Å². The van der Waals surface area contributed by atoms with Gasteiger partial charge in [0.2, 0.25) is 5.91 Å². The van der Waals surface area contributed by atoms with Crippen LogP contribution in [0.3, 0.4) is 0 Å². The number of anilines is 1. The molecule has 0 radical (unpaired) electrons. The number of rotatable bonds is 6. The molecule has 1 fully saturated rings. The number of nitrogens with zero attached hydrogens (tertiary/aromatic N) is 1. The van der Waals surface area contributed by atoms with Crippen LogP contribution in [0.25, 0.3) is 0 Å². The zero-order chi connectivity index (χ0) is 20.3. The summed E-state index contributed by atoms with van der Waals surface area (Å²) in [6, 6.07) is 12.6. The summed E-state index contributed by atoms with van der Waals surface area (Å²) in [5.74, 6) is -0.129. The molecular formula is C21H22ClFN2O3. The summed E-state index contributed by atoms with van der Waals surface area (Å²) < 4.78 is 18.8. The smallest absolute Gasteiger partial charge is 0.263 e. The van der Waals surface area contributed by atoms with Crippen LogP contribution in [-0.2, 0) is 9.59 Å². The molecule has 7 heteroatoms. The number of carbonyl (C=O) groups excluding carboxylic acids is 2. The van der Waals surface area contributed by atoms with Crippen molar-refractivity contribution in [1.82, 2.24) is 5.32 Å². The first-order valence-electron chi connectivity index (χ1n) is 9.03. The first kappa shape index (κ1) is 20.1. The van der Waals surface area contributed by atoms with Crippen molar-refractivity contribution in [3.8, 4) is 5.75 Å². The average molecular weight is 405 g/mol. The Morgan fingerprint density at radius 3 is 2.50 bits per heavy atom. The minimum Gasteiger partial charge on any atom is -0.478 e. The lowest BCUT2D eigenvalue weighted by atomic mass is 10.1. The molecule has 1 atom stereocenters. The predicted octanol–water partition coefficient (Wildman–Crippen LogP) is 3.81. The molecule has 0 aliphatic carbocycles. The Hall–Kier alpha value is -2.60. The van der Waals surface area contributed by atoms with Gasteiger partial charge in [0.25, 0.3) is 5.91 Å². The van der Waals surface area contributed by atoms with Gasteiger partial charge in [-0.15, -0.1) is 0 Å². The lowest BCUT2D eigenvalue weighted by Crippen LogP contribution is -2.48. The maximum atomic E-state index is 13.1. The molecule has 1 N–H and O–H groups in total. The Morgan fingerprint density at radius 2 is 1.86 bits per heavy atom. The van der Waals surface area contributed by atoms with Gasteiger partial charge in [0, 0.05) is 36.1 Å². The first-order chi connectivity index (χ1) is 13.2. The van der Waals surface area contributed by atoms with E-state index < -0.39 is 5.60 Å². The summed E-state index contributed by atoms with van der Waals surface area (Å²) >= 11 is 5.86. The average Bonchev–Trinajstić information content (AvgIpc) is 3.02. The van der Waals surface area contributed by atoms with Gasteiger partial charge >= 0.3 is 0 Å². The van der Waals surface area contributed by atoms with Crippen LogP contribution < -0.4 is 15.0 Å². The van der Waals surface area contributed by atoms with Crippen molar-refractivity contribution in [1.29, 1.82) is 0 Å². The topological polar surface area (TPSA) is 58.6 Å². The monoisotopic (exact) mass is 404 g/mol. The van der Waals surface area contributed by atoms with E-state index in [4.69, 9.17) is 16.3 Å². The van der Waals surface area contributed by atoms with Gasteiger partial charge in [-0.05, 0) is 62.4 Å². The molecule has 148 valence electrons. The molecular weight excluding hydrogens is 383 g/mol. The second-order valence-electron chi connectivity index (χ2n) is 7.33. The van der Waals surface area contributed by atoms with E-state index in [-0.39, 0.29) is 23.5 Å². The van der Waals surface area contributed by atoms with E-state index in [9.17, 15) is 14.0 Å². The third kappa shape index (κ3) is 4.81. The molecule has 2 amide bonds. The summed E-state index contributed by atoms with van der Waals surface area (Å²) in [5.41, 5.74) is -0.417. The molecule has 0 saturated carbocycles. The highest BCUT2D eigenvalue weighted by molar-refractivity contribution is 6.30. The highest BCUT2D eigenvalue weighted by atomic mass is 35.5. The molecule has 3 rings (SSSR count). The molecule has 28 heavy (non-hydrogen) atoms. The molecule has 1 unspecified atom stereocenters. The van der Waals surface area contributed by atoms with E-state index in [1.807, 2.05) is 0 Å². The number of carbonyl (C=O) groups is 2. The Morgan fingerprint density at radius 1 is 1.21 bits per heavy atom. The molecule has 1 saturated heterocycles. The van der Waals surface area contributed by atoms with Crippen molar-refractivity contribution in [2.75, 3.05) is 18.0 Å². The van der Waals surface area contributed by atoms with Crippen molar-refractivity contribution < 1.29 is 18.7 Å². The molecule has 0 aromatic heterocycles. The SMILES string of the molecule is CC(C)(Oc1ccc(Cl)cc1)C(=O)NCC1CC(=O)N(c2ccc(F)cc2)C1. The Labute approximate surface area is 168 Å². The van der Waals surface area contributed by atoms with Crippen LogP contribution in [0.5, 0.6) is 5.75 Å². The summed E-state index contributed by atoms with van der Waals surface area (Å²) in [6.07, 6.45) is 0.329. The van der Waals surface area contributed by atoms with Crippen LogP contribution in [0.4, 0.5) is 10.1 Å². The lowest BCUT2D eigenvalue weighted by Gasteiger charge is -2.26. The third-order valence-electron chi connectivity index (χ3n) is 4.63. The standard InChI is InChI=1S/C21H22ClFN2O3/c1-21(2,28-18-9-3-15(22)4-10-18)20(27)24-12-14-11-19(26)25(13-14)17-7-5-16(23)6-8-17/h3-10,14H,11-13H2,1-2H3,(H,24,27). The highest BCUT2D eigenvalue weighted by Gasteiger charge is 2.34. The second kappa shape index (κ2) is 8.19. The van der Waals surface area contributed by atoms with E-state index in [1.54, 1.807) is 55.1 Å². The fourth-order valence-electron chi connectivity index (χ4n) is 3.08. The first-order valence-corrected chi connectivity index (χ1v) is 9.41. The Bertz CT molecular complexity index is 853. The van der Waals surface area contributed by atoms with Gasteiger partial charge in [-0.25, -0.2) is 4.39 Å². The molecule has 0 spiro atoms. The number of benzene rings is 2. The number of amides is 2. The number of halogens is 2. The minimum atomic E-state index is -1.08. The third-order valence-corrected chi connectivity index (χ3v) is 4.88. The predicted molar refractivity (Wildman–Crippen MR) is 106 cm³/mol. The van der Waals surface area contributed by atoms with Gasteiger partial charge in [0.15, 0.2) is 5.60 Å². The Balaban J connectivity index is 1.54. The van der Waals surface area contributed by atoms with Crippen molar-refractivity contribution in [2.24, 2.45) is 5.92 Å². The maximum Gasteiger partial charge on any atom is 0.263 e.